The van der Waals surface area contributed by atoms with Crippen molar-refractivity contribution in [1.82, 2.24) is 4.98 Å². The van der Waals surface area contributed by atoms with Gasteiger partial charge in [0.2, 0.25) is 0 Å². The average Bonchev–Trinajstić information content (AvgIpc) is 2.40. The molecule has 1 aromatic heterocycles. The maximum absolute atomic E-state index is 12.9. The molecule has 0 fully saturated rings. The van der Waals surface area contributed by atoms with E-state index < -0.39 is 23.1 Å². The van der Waals surface area contributed by atoms with Gasteiger partial charge in [-0.2, -0.15) is 13.2 Å². The maximum Gasteiger partial charge on any atom is 0.417 e. The summed E-state index contributed by atoms with van der Waals surface area (Å²) >= 11 is 0. The van der Waals surface area contributed by atoms with Gasteiger partial charge in [-0.05, 0) is 37.1 Å². The molecule has 2 nitrogen and oxygen atoms in total. The molecule has 0 N–H and O–H groups in total. The van der Waals surface area contributed by atoms with Crippen LogP contribution in [-0.4, -0.2) is 10.8 Å². The van der Waals surface area contributed by atoms with Crippen molar-refractivity contribution in [3.8, 4) is 0 Å². The lowest BCUT2D eigenvalue weighted by molar-refractivity contribution is -0.137. The van der Waals surface area contributed by atoms with E-state index in [0.29, 0.717) is 0 Å². The molecule has 2 aromatic rings. The predicted molar refractivity (Wildman–Crippen MR) is 68.6 cm³/mol. The highest BCUT2D eigenvalue weighted by atomic mass is 19.4. The van der Waals surface area contributed by atoms with Crippen LogP contribution in [0.5, 0.6) is 0 Å². The first-order valence-electron chi connectivity index (χ1n) is 5.94. The Morgan fingerprint density at radius 2 is 1.80 bits per heavy atom. The molecule has 20 heavy (non-hydrogen) atoms. The number of pyridine rings is 1. The van der Waals surface area contributed by atoms with E-state index in [4.69, 9.17) is 0 Å². The van der Waals surface area contributed by atoms with Gasteiger partial charge in [-0.15, -0.1) is 0 Å². The summed E-state index contributed by atoms with van der Waals surface area (Å²) < 4.78 is 38.7. The van der Waals surface area contributed by atoms with Crippen LogP contribution in [0.2, 0.25) is 0 Å². The summed E-state index contributed by atoms with van der Waals surface area (Å²) in [7, 11) is 0. The minimum atomic E-state index is -4.58. The molecule has 0 radical (unpaired) electrons. The minimum absolute atomic E-state index is 0.228. The van der Waals surface area contributed by atoms with Gasteiger partial charge in [-0.1, -0.05) is 12.1 Å². The summed E-state index contributed by atoms with van der Waals surface area (Å²) in [6, 6.07) is 5.64. The SMILES string of the molecule is Cc1ccc(C(=O)c2cnccc2C(F)(F)F)cc1C. The van der Waals surface area contributed by atoms with Crippen LogP contribution in [0.15, 0.2) is 36.7 Å². The fourth-order valence-corrected chi connectivity index (χ4v) is 1.86. The summed E-state index contributed by atoms with van der Waals surface area (Å²) in [5, 5.41) is 0. The van der Waals surface area contributed by atoms with Gasteiger partial charge in [-0.25, -0.2) is 0 Å². The highest BCUT2D eigenvalue weighted by molar-refractivity contribution is 6.10. The molecule has 2 rings (SSSR count). The molecule has 0 spiro atoms. The van der Waals surface area contributed by atoms with Gasteiger partial charge < -0.3 is 0 Å². The van der Waals surface area contributed by atoms with Crippen molar-refractivity contribution in [1.29, 1.82) is 0 Å². The number of alkyl halides is 3. The molecule has 1 aromatic carbocycles. The van der Waals surface area contributed by atoms with E-state index in [0.717, 1.165) is 29.6 Å². The van der Waals surface area contributed by atoms with E-state index in [1.54, 1.807) is 19.1 Å². The molecule has 0 atom stereocenters. The fourth-order valence-electron chi connectivity index (χ4n) is 1.86. The number of nitrogens with zero attached hydrogens (tertiary/aromatic N) is 1. The van der Waals surface area contributed by atoms with Crippen LogP contribution in [-0.2, 0) is 6.18 Å². The Bertz CT molecular complexity index is 662. The second-order valence-electron chi connectivity index (χ2n) is 4.55. The topological polar surface area (TPSA) is 30.0 Å². The van der Waals surface area contributed by atoms with Gasteiger partial charge in [0.05, 0.1) is 11.1 Å². The Hall–Kier alpha value is -2.17. The Balaban J connectivity index is 2.51. The van der Waals surface area contributed by atoms with E-state index >= 15 is 0 Å². The summed E-state index contributed by atoms with van der Waals surface area (Å²) in [5.74, 6) is -0.673. The third kappa shape index (κ3) is 2.71. The van der Waals surface area contributed by atoms with Crippen LogP contribution < -0.4 is 0 Å². The summed E-state index contributed by atoms with van der Waals surface area (Å²) in [6.07, 6.45) is -2.59. The van der Waals surface area contributed by atoms with Gasteiger partial charge in [-0.3, -0.25) is 9.78 Å². The zero-order valence-corrected chi connectivity index (χ0v) is 11.0. The molecule has 0 aliphatic carbocycles. The fraction of sp³-hybridized carbons (Fsp3) is 0.200. The lowest BCUT2D eigenvalue weighted by Gasteiger charge is -2.11. The Morgan fingerprint density at radius 1 is 1.10 bits per heavy atom. The number of rotatable bonds is 2. The second-order valence-corrected chi connectivity index (χ2v) is 4.55. The van der Waals surface area contributed by atoms with Crippen molar-refractivity contribution in [2.45, 2.75) is 20.0 Å². The van der Waals surface area contributed by atoms with Gasteiger partial charge >= 0.3 is 6.18 Å². The molecule has 0 aliphatic rings. The zero-order valence-electron chi connectivity index (χ0n) is 11.0. The van der Waals surface area contributed by atoms with Crippen LogP contribution in [0, 0.1) is 13.8 Å². The van der Waals surface area contributed by atoms with Gasteiger partial charge in [0.1, 0.15) is 0 Å². The number of hydrogen-bond acceptors (Lipinski definition) is 2. The van der Waals surface area contributed by atoms with Crippen molar-refractivity contribution in [3.63, 3.8) is 0 Å². The van der Waals surface area contributed by atoms with Crippen molar-refractivity contribution in [3.05, 3.63) is 64.5 Å². The number of ketones is 1. The van der Waals surface area contributed by atoms with Gasteiger partial charge in [0.25, 0.3) is 0 Å². The maximum atomic E-state index is 12.9. The van der Waals surface area contributed by atoms with E-state index in [2.05, 4.69) is 4.98 Å². The highest BCUT2D eigenvalue weighted by Crippen LogP contribution is 2.32. The number of halogens is 3. The van der Waals surface area contributed by atoms with E-state index in [9.17, 15) is 18.0 Å². The largest absolute Gasteiger partial charge is 0.417 e. The van der Waals surface area contributed by atoms with Crippen LogP contribution in [0.3, 0.4) is 0 Å². The Labute approximate surface area is 114 Å². The molecule has 104 valence electrons. The molecule has 0 bridgehead atoms. The number of hydrogen-bond donors (Lipinski definition) is 0. The van der Waals surface area contributed by atoms with Gasteiger partial charge in [0, 0.05) is 18.0 Å². The van der Waals surface area contributed by atoms with Crippen LogP contribution in [0.1, 0.15) is 32.6 Å². The van der Waals surface area contributed by atoms with Crippen molar-refractivity contribution in [2.75, 3.05) is 0 Å². The first-order chi connectivity index (χ1) is 9.30. The normalized spacial score (nSPS) is 11.4. The predicted octanol–water partition coefficient (Wildman–Crippen LogP) is 3.95. The highest BCUT2D eigenvalue weighted by Gasteiger charge is 2.35. The molecule has 0 saturated heterocycles. The summed E-state index contributed by atoms with van der Waals surface area (Å²) in [4.78, 5) is 15.9. The third-order valence-corrected chi connectivity index (χ3v) is 3.14. The molecular formula is C15H12F3NO. The molecule has 0 amide bonds. The lowest BCUT2D eigenvalue weighted by Crippen LogP contribution is -2.14. The van der Waals surface area contributed by atoms with Crippen molar-refractivity contribution < 1.29 is 18.0 Å². The Kier molecular flexibility index (Phi) is 3.61. The Morgan fingerprint density at radius 3 is 2.40 bits per heavy atom. The molecule has 0 unspecified atom stereocenters. The van der Waals surface area contributed by atoms with Crippen molar-refractivity contribution >= 4 is 5.78 Å². The number of aromatic nitrogens is 1. The zero-order chi connectivity index (χ0) is 14.9. The van der Waals surface area contributed by atoms with Crippen molar-refractivity contribution in [2.24, 2.45) is 0 Å². The third-order valence-electron chi connectivity index (χ3n) is 3.14. The minimum Gasteiger partial charge on any atom is -0.289 e. The van der Waals surface area contributed by atoms with E-state index in [1.807, 2.05) is 6.92 Å². The quantitative estimate of drug-likeness (QED) is 0.779. The van der Waals surface area contributed by atoms with E-state index in [1.165, 1.54) is 6.07 Å². The first-order valence-corrected chi connectivity index (χ1v) is 5.94. The second kappa shape index (κ2) is 5.07. The number of benzene rings is 1. The molecular weight excluding hydrogens is 267 g/mol. The van der Waals surface area contributed by atoms with Crippen LogP contribution in [0.4, 0.5) is 13.2 Å². The monoisotopic (exact) mass is 279 g/mol. The summed E-state index contributed by atoms with van der Waals surface area (Å²) in [6.45, 7) is 3.68. The van der Waals surface area contributed by atoms with Gasteiger partial charge in [0.15, 0.2) is 5.78 Å². The molecule has 0 aliphatic heterocycles. The number of aryl methyl sites for hydroxylation is 2. The smallest absolute Gasteiger partial charge is 0.289 e. The molecule has 5 heteroatoms. The first kappa shape index (κ1) is 14.2. The van der Waals surface area contributed by atoms with Crippen LogP contribution in [0.25, 0.3) is 0 Å². The van der Waals surface area contributed by atoms with E-state index in [-0.39, 0.29) is 5.56 Å². The number of carbonyl (C=O) groups is 1. The van der Waals surface area contributed by atoms with Crippen LogP contribution >= 0.6 is 0 Å². The average molecular weight is 279 g/mol. The summed E-state index contributed by atoms with van der Waals surface area (Å²) in [5.41, 5.74) is 0.669. The number of carbonyl (C=O) groups excluding carboxylic acids is 1. The lowest BCUT2D eigenvalue weighted by atomic mass is 9.97. The molecule has 0 saturated carbocycles. The molecule has 1 heterocycles. The standard InChI is InChI=1S/C15H12F3NO/c1-9-3-4-11(7-10(9)2)14(20)12-8-19-6-5-13(12)15(16,17)18/h3-8H,1-2H3.